The van der Waals surface area contributed by atoms with Gasteiger partial charge in [0.05, 0.1) is 10.7 Å². The van der Waals surface area contributed by atoms with E-state index in [9.17, 15) is 0 Å². The van der Waals surface area contributed by atoms with Crippen molar-refractivity contribution in [2.24, 2.45) is 0 Å². The normalized spacial score (nSPS) is 12.8. The maximum Gasteiger partial charge on any atom is 0.0897 e. The van der Waals surface area contributed by atoms with E-state index >= 15 is 0 Å². The Morgan fingerprint density at radius 3 is 2.76 bits per heavy atom. The van der Waals surface area contributed by atoms with Crippen molar-refractivity contribution in [3.05, 3.63) is 50.9 Å². The molecule has 1 aromatic heterocycles. The number of rotatable bonds is 7. The van der Waals surface area contributed by atoms with E-state index in [1.54, 1.807) is 11.3 Å². The van der Waals surface area contributed by atoms with Crippen LogP contribution in [0.4, 0.5) is 0 Å². The van der Waals surface area contributed by atoms with Crippen LogP contribution in [0.15, 0.2) is 29.6 Å². The predicted molar refractivity (Wildman–Crippen MR) is 91.1 cm³/mol. The number of aromatic nitrogens is 1. The van der Waals surface area contributed by atoms with Crippen molar-refractivity contribution in [1.29, 1.82) is 0 Å². The number of hydrogen-bond donors (Lipinski definition) is 1. The molecule has 0 bridgehead atoms. The minimum Gasteiger partial charge on any atom is -0.313 e. The van der Waals surface area contributed by atoms with E-state index in [0.717, 1.165) is 35.2 Å². The Hall–Kier alpha value is -0.940. The van der Waals surface area contributed by atoms with E-state index in [1.165, 1.54) is 5.56 Å². The van der Waals surface area contributed by atoms with Gasteiger partial charge in [0.2, 0.25) is 0 Å². The van der Waals surface area contributed by atoms with Gasteiger partial charge in [-0.3, -0.25) is 0 Å². The molecule has 5 heteroatoms. The second-order valence-electron chi connectivity index (χ2n) is 5.25. The zero-order chi connectivity index (χ0) is 15.2. The van der Waals surface area contributed by atoms with Crippen LogP contribution in [0.5, 0.6) is 0 Å². The molecule has 0 aliphatic carbocycles. The third-order valence-corrected chi connectivity index (χ3v) is 4.69. The minimum atomic E-state index is 0.276. The largest absolute Gasteiger partial charge is 0.313 e. The predicted octanol–water partition coefficient (Wildman–Crippen LogP) is 3.89. The monoisotopic (exact) mass is 323 g/mol. The van der Waals surface area contributed by atoms with Gasteiger partial charge in [0.15, 0.2) is 0 Å². The van der Waals surface area contributed by atoms with Gasteiger partial charge in [-0.25, -0.2) is 4.98 Å². The van der Waals surface area contributed by atoms with Gasteiger partial charge in [0, 0.05) is 29.5 Å². The lowest BCUT2D eigenvalue weighted by atomic mass is 10.0. The SMILES string of the molecule is CNC(CCN(C)Cc1csc(C)n1)c1ccccc1Cl. The summed E-state index contributed by atoms with van der Waals surface area (Å²) in [4.78, 5) is 6.81. The van der Waals surface area contributed by atoms with Crippen LogP contribution in [0.3, 0.4) is 0 Å². The number of benzene rings is 1. The van der Waals surface area contributed by atoms with E-state index in [1.807, 2.05) is 32.2 Å². The Labute approximate surface area is 136 Å². The fraction of sp³-hybridized carbons (Fsp3) is 0.438. The molecule has 21 heavy (non-hydrogen) atoms. The van der Waals surface area contributed by atoms with E-state index < -0.39 is 0 Å². The third-order valence-electron chi connectivity index (χ3n) is 3.53. The van der Waals surface area contributed by atoms with Gasteiger partial charge < -0.3 is 10.2 Å². The molecule has 1 unspecified atom stereocenters. The highest BCUT2D eigenvalue weighted by atomic mass is 35.5. The maximum atomic E-state index is 6.28. The fourth-order valence-corrected chi connectivity index (χ4v) is 3.27. The molecular formula is C16H22ClN3S. The zero-order valence-corrected chi connectivity index (χ0v) is 14.3. The lowest BCUT2D eigenvalue weighted by Crippen LogP contribution is -2.25. The first-order valence-electron chi connectivity index (χ1n) is 7.11. The number of thiazole rings is 1. The molecule has 0 radical (unpaired) electrons. The topological polar surface area (TPSA) is 28.2 Å². The lowest BCUT2D eigenvalue weighted by Gasteiger charge is -2.22. The quantitative estimate of drug-likeness (QED) is 0.838. The number of nitrogens with zero attached hydrogens (tertiary/aromatic N) is 2. The molecule has 0 spiro atoms. The van der Waals surface area contributed by atoms with Crippen molar-refractivity contribution >= 4 is 22.9 Å². The van der Waals surface area contributed by atoms with Crippen LogP contribution in [0, 0.1) is 6.92 Å². The molecule has 1 N–H and O–H groups in total. The Kier molecular flexibility index (Phi) is 6.18. The highest BCUT2D eigenvalue weighted by Gasteiger charge is 2.13. The minimum absolute atomic E-state index is 0.276. The number of halogens is 1. The van der Waals surface area contributed by atoms with Crippen LogP contribution in [-0.2, 0) is 6.54 Å². The smallest absolute Gasteiger partial charge is 0.0897 e. The summed E-state index contributed by atoms with van der Waals surface area (Å²) < 4.78 is 0. The van der Waals surface area contributed by atoms with Gasteiger partial charge in [-0.2, -0.15) is 0 Å². The molecule has 1 heterocycles. The van der Waals surface area contributed by atoms with Crippen LogP contribution in [-0.4, -0.2) is 30.5 Å². The molecule has 0 saturated carbocycles. The van der Waals surface area contributed by atoms with Crippen molar-refractivity contribution in [2.45, 2.75) is 25.9 Å². The molecule has 3 nitrogen and oxygen atoms in total. The molecule has 1 aromatic carbocycles. The molecule has 1 atom stereocenters. The average Bonchev–Trinajstić information content (AvgIpc) is 2.86. The van der Waals surface area contributed by atoms with Gasteiger partial charge in [0.25, 0.3) is 0 Å². The molecule has 114 valence electrons. The molecule has 0 saturated heterocycles. The zero-order valence-electron chi connectivity index (χ0n) is 12.8. The van der Waals surface area contributed by atoms with Crippen LogP contribution in [0.1, 0.15) is 28.7 Å². The molecule has 2 aromatic rings. The van der Waals surface area contributed by atoms with Gasteiger partial charge in [-0.1, -0.05) is 29.8 Å². The van der Waals surface area contributed by atoms with Crippen molar-refractivity contribution < 1.29 is 0 Å². The summed E-state index contributed by atoms with van der Waals surface area (Å²) in [7, 11) is 4.12. The summed E-state index contributed by atoms with van der Waals surface area (Å²) in [6.45, 7) is 3.93. The van der Waals surface area contributed by atoms with E-state index in [-0.39, 0.29) is 6.04 Å². The lowest BCUT2D eigenvalue weighted by molar-refractivity contribution is 0.301. The standard InChI is InChI=1S/C16H22ClN3S/c1-12-19-13(11-21-12)10-20(3)9-8-16(18-2)14-6-4-5-7-15(14)17/h4-7,11,16,18H,8-10H2,1-3H3. The summed E-state index contributed by atoms with van der Waals surface area (Å²) in [6, 6.07) is 8.32. The molecule has 0 aliphatic rings. The van der Waals surface area contributed by atoms with Crippen molar-refractivity contribution in [1.82, 2.24) is 15.2 Å². The van der Waals surface area contributed by atoms with Gasteiger partial charge in [0.1, 0.15) is 0 Å². The number of hydrogen-bond acceptors (Lipinski definition) is 4. The number of nitrogens with one attached hydrogen (secondary N) is 1. The Balaban J connectivity index is 1.89. The van der Waals surface area contributed by atoms with Crippen LogP contribution >= 0.6 is 22.9 Å². The van der Waals surface area contributed by atoms with Crippen LogP contribution < -0.4 is 5.32 Å². The molecule has 0 aliphatic heterocycles. The second-order valence-corrected chi connectivity index (χ2v) is 6.72. The van der Waals surface area contributed by atoms with Crippen molar-refractivity contribution in [3.63, 3.8) is 0 Å². The van der Waals surface area contributed by atoms with E-state index in [0.29, 0.717) is 0 Å². The summed E-state index contributed by atoms with van der Waals surface area (Å²) in [5.41, 5.74) is 2.32. The van der Waals surface area contributed by atoms with Gasteiger partial charge in [-0.15, -0.1) is 11.3 Å². The number of aryl methyl sites for hydroxylation is 1. The van der Waals surface area contributed by atoms with Gasteiger partial charge >= 0.3 is 0 Å². The van der Waals surface area contributed by atoms with Crippen LogP contribution in [0.2, 0.25) is 5.02 Å². The van der Waals surface area contributed by atoms with Crippen molar-refractivity contribution in [2.75, 3.05) is 20.6 Å². The summed E-state index contributed by atoms with van der Waals surface area (Å²) in [6.07, 6.45) is 1.01. The highest BCUT2D eigenvalue weighted by molar-refractivity contribution is 7.09. The Morgan fingerprint density at radius 1 is 1.38 bits per heavy atom. The van der Waals surface area contributed by atoms with Gasteiger partial charge in [-0.05, 0) is 39.1 Å². The van der Waals surface area contributed by atoms with E-state index in [4.69, 9.17) is 11.6 Å². The summed E-state index contributed by atoms with van der Waals surface area (Å²) in [5.74, 6) is 0. The highest BCUT2D eigenvalue weighted by Crippen LogP contribution is 2.25. The molecule has 0 fully saturated rings. The Morgan fingerprint density at radius 2 is 2.14 bits per heavy atom. The average molecular weight is 324 g/mol. The maximum absolute atomic E-state index is 6.28. The van der Waals surface area contributed by atoms with Crippen LogP contribution in [0.25, 0.3) is 0 Å². The van der Waals surface area contributed by atoms with Crippen molar-refractivity contribution in [3.8, 4) is 0 Å². The first kappa shape index (κ1) is 16.4. The second kappa shape index (κ2) is 7.90. The molecule has 0 amide bonds. The third kappa shape index (κ3) is 4.78. The first-order valence-corrected chi connectivity index (χ1v) is 8.37. The first-order chi connectivity index (χ1) is 10.1. The molecule has 2 rings (SSSR count). The summed E-state index contributed by atoms with van der Waals surface area (Å²) in [5, 5.41) is 7.45. The fourth-order valence-electron chi connectivity index (χ4n) is 2.40. The van der Waals surface area contributed by atoms with E-state index in [2.05, 4.69) is 33.7 Å². The molecular weight excluding hydrogens is 302 g/mol. The Bertz CT molecular complexity index is 570. The summed E-state index contributed by atoms with van der Waals surface area (Å²) >= 11 is 7.99.